The number of nitrogens with two attached hydrogens (primary N) is 2. The molecule has 0 saturated carbocycles. The number of pyridine rings is 1. The standard InChI is InChI=1S/C5H8N4O/c6-3-1-9(10)2-4(7)5(3)8/h1-2,8,10H,6-7H2. The van der Waals surface area contributed by atoms with E-state index in [0.717, 1.165) is 4.73 Å². The SMILES string of the molecule is N=c1c(N)cn(O)cc1N. The van der Waals surface area contributed by atoms with E-state index in [1.165, 1.54) is 12.4 Å². The van der Waals surface area contributed by atoms with Gasteiger partial charge in [0.25, 0.3) is 0 Å². The van der Waals surface area contributed by atoms with Gasteiger partial charge in [0.05, 0.1) is 23.8 Å². The topological polar surface area (TPSA) is 101 Å². The first-order valence-electron chi connectivity index (χ1n) is 2.62. The van der Waals surface area contributed by atoms with Crippen molar-refractivity contribution >= 4 is 11.4 Å². The van der Waals surface area contributed by atoms with Crippen LogP contribution in [0.3, 0.4) is 0 Å². The molecule has 1 heterocycles. The fourth-order valence-electron chi connectivity index (χ4n) is 0.618. The van der Waals surface area contributed by atoms with Gasteiger partial charge in [-0.15, -0.1) is 0 Å². The normalized spacial score (nSPS) is 9.60. The summed E-state index contributed by atoms with van der Waals surface area (Å²) in [5.74, 6) is 0. The Bertz CT molecular complexity index is 277. The van der Waals surface area contributed by atoms with Crippen molar-refractivity contribution in [2.24, 2.45) is 0 Å². The largest absolute Gasteiger partial charge is 0.429 e. The third-order valence-electron chi connectivity index (χ3n) is 1.12. The number of nitrogen functional groups attached to an aromatic ring is 2. The number of nitrogens with one attached hydrogen (secondary N) is 1. The molecule has 0 radical (unpaired) electrons. The summed E-state index contributed by atoms with van der Waals surface area (Å²) in [7, 11) is 0. The third-order valence-corrected chi connectivity index (χ3v) is 1.12. The van der Waals surface area contributed by atoms with Crippen LogP contribution in [-0.2, 0) is 0 Å². The number of aromatic nitrogens is 1. The van der Waals surface area contributed by atoms with Crippen molar-refractivity contribution in [3.8, 4) is 0 Å². The number of rotatable bonds is 0. The van der Waals surface area contributed by atoms with Gasteiger partial charge in [-0.3, -0.25) is 5.41 Å². The number of hydrogen-bond donors (Lipinski definition) is 4. The molecule has 5 heteroatoms. The molecule has 0 bridgehead atoms. The molecule has 1 aromatic heterocycles. The molecule has 54 valence electrons. The van der Waals surface area contributed by atoms with Crippen molar-refractivity contribution < 1.29 is 5.21 Å². The zero-order valence-corrected chi connectivity index (χ0v) is 5.20. The summed E-state index contributed by atoms with van der Waals surface area (Å²) in [6.07, 6.45) is 2.41. The Labute approximate surface area is 57.0 Å². The molecule has 6 N–H and O–H groups in total. The molecule has 0 unspecified atom stereocenters. The van der Waals surface area contributed by atoms with Crippen molar-refractivity contribution in [2.75, 3.05) is 11.5 Å². The van der Waals surface area contributed by atoms with Crippen molar-refractivity contribution in [3.63, 3.8) is 0 Å². The Morgan fingerprint density at radius 3 is 2.10 bits per heavy atom. The maximum Gasteiger partial charge on any atom is 0.103 e. The lowest BCUT2D eigenvalue weighted by Crippen LogP contribution is -2.15. The van der Waals surface area contributed by atoms with Gasteiger partial charge in [0.15, 0.2) is 0 Å². The van der Waals surface area contributed by atoms with Crippen LogP contribution < -0.4 is 16.8 Å². The molecule has 1 aromatic rings. The van der Waals surface area contributed by atoms with Crippen LogP contribution in [0.5, 0.6) is 0 Å². The van der Waals surface area contributed by atoms with E-state index in [4.69, 9.17) is 22.1 Å². The van der Waals surface area contributed by atoms with Gasteiger partial charge in [0.2, 0.25) is 0 Å². The van der Waals surface area contributed by atoms with Crippen molar-refractivity contribution in [1.82, 2.24) is 4.73 Å². The quantitative estimate of drug-likeness (QED) is 0.361. The van der Waals surface area contributed by atoms with E-state index in [1.54, 1.807) is 0 Å². The molecule has 0 aliphatic carbocycles. The second kappa shape index (κ2) is 1.94. The molecule has 0 fully saturated rings. The van der Waals surface area contributed by atoms with Gasteiger partial charge in [-0.1, -0.05) is 0 Å². The second-order valence-electron chi connectivity index (χ2n) is 1.92. The van der Waals surface area contributed by atoms with Crippen molar-refractivity contribution in [3.05, 3.63) is 17.8 Å². The van der Waals surface area contributed by atoms with Gasteiger partial charge in [-0.25, -0.2) is 0 Å². The predicted molar refractivity (Wildman–Crippen MR) is 36.3 cm³/mol. The van der Waals surface area contributed by atoms with Crippen LogP contribution in [0.15, 0.2) is 12.4 Å². The average molecular weight is 140 g/mol. The van der Waals surface area contributed by atoms with E-state index in [-0.39, 0.29) is 16.7 Å². The van der Waals surface area contributed by atoms with Crippen LogP contribution in [0.4, 0.5) is 11.4 Å². The molecular weight excluding hydrogens is 132 g/mol. The lowest BCUT2D eigenvalue weighted by Gasteiger charge is -2.00. The van der Waals surface area contributed by atoms with Crippen LogP contribution in [0.1, 0.15) is 0 Å². The average Bonchev–Trinajstić information content (AvgIpc) is 1.82. The lowest BCUT2D eigenvalue weighted by molar-refractivity contribution is 0.185. The molecule has 0 amide bonds. The molecule has 0 atom stereocenters. The first-order valence-corrected chi connectivity index (χ1v) is 2.62. The summed E-state index contributed by atoms with van der Waals surface area (Å²) in [5, 5.41) is 16.0. The van der Waals surface area contributed by atoms with Gasteiger partial charge in [0.1, 0.15) is 5.36 Å². The predicted octanol–water partition coefficient (Wildman–Crippen LogP) is -0.631. The van der Waals surface area contributed by atoms with E-state index < -0.39 is 0 Å². The molecule has 0 aliphatic rings. The van der Waals surface area contributed by atoms with Gasteiger partial charge in [0, 0.05) is 0 Å². The Hall–Kier alpha value is -1.65. The molecule has 0 aromatic carbocycles. The summed E-state index contributed by atoms with van der Waals surface area (Å²) in [6, 6.07) is 0. The zero-order valence-electron chi connectivity index (χ0n) is 5.20. The fraction of sp³-hybridized carbons (Fsp3) is 0. The monoisotopic (exact) mass is 140 g/mol. The molecular formula is C5H8N4O. The van der Waals surface area contributed by atoms with E-state index in [0.29, 0.717) is 0 Å². The van der Waals surface area contributed by atoms with Crippen LogP contribution >= 0.6 is 0 Å². The highest BCUT2D eigenvalue weighted by Gasteiger charge is 1.95. The number of hydrogen-bond acceptors (Lipinski definition) is 4. The highest BCUT2D eigenvalue weighted by molar-refractivity contribution is 5.46. The van der Waals surface area contributed by atoms with E-state index in [2.05, 4.69) is 0 Å². The summed E-state index contributed by atoms with van der Waals surface area (Å²) in [4.78, 5) is 0. The Kier molecular flexibility index (Phi) is 1.26. The lowest BCUT2D eigenvalue weighted by atomic mass is 10.3. The van der Waals surface area contributed by atoms with Gasteiger partial charge in [-0.05, 0) is 0 Å². The maximum atomic E-state index is 8.79. The molecule has 1 rings (SSSR count). The zero-order chi connectivity index (χ0) is 7.72. The van der Waals surface area contributed by atoms with Crippen LogP contribution in [0.2, 0.25) is 0 Å². The Morgan fingerprint density at radius 2 is 1.70 bits per heavy atom. The smallest absolute Gasteiger partial charge is 0.103 e. The minimum absolute atomic E-state index is 0.0466. The van der Waals surface area contributed by atoms with Gasteiger partial charge in [-0.2, -0.15) is 4.73 Å². The van der Waals surface area contributed by atoms with E-state index in [9.17, 15) is 0 Å². The van der Waals surface area contributed by atoms with Gasteiger partial charge >= 0.3 is 0 Å². The van der Waals surface area contributed by atoms with Crippen LogP contribution in [0.25, 0.3) is 0 Å². The minimum Gasteiger partial charge on any atom is -0.429 e. The van der Waals surface area contributed by atoms with Gasteiger partial charge < -0.3 is 16.7 Å². The Morgan fingerprint density at radius 1 is 1.30 bits per heavy atom. The summed E-state index contributed by atoms with van der Waals surface area (Å²) < 4.78 is 0.725. The second-order valence-corrected chi connectivity index (χ2v) is 1.92. The molecule has 0 spiro atoms. The molecule has 5 nitrogen and oxygen atoms in total. The van der Waals surface area contributed by atoms with Crippen molar-refractivity contribution in [1.29, 1.82) is 5.41 Å². The summed E-state index contributed by atoms with van der Waals surface area (Å²) in [5.41, 5.74) is 10.9. The highest BCUT2D eigenvalue weighted by atomic mass is 16.5. The fourth-order valence-corrected chi connectivity index (χ4v) is 0.618. The van der Waals surface area contributed by atoms with E-state index >= 15 is 0 Å². The Balaban J connectivity index is 3.46. The minimum atomic E-state index is 0.0466. The first kappa shape index (κ1) is 6.47. The van der Waals surface area contributed by atoms with Crippen LogP contribution in [-0.4, -0.2) is 9.94 Å². The first-order chi connectivity index (χ1) is 4.61. The molecule has 10 heavy (non-hydrogen) atoms. The van der Waals surface area contributed by atoms with Crippen molar-refractivity contribution in [2.45, 2.75) is 0 Å². The molecule has 0 aliphatic heterocycles. The number of anilines is 2. The summed E-state index contributed by atoms with van der Waals surface area (Å²) in [6.45, 7) is 0. The number of nitrogens with zero attached hydrogens (tertiary/aromatic N) is 1. The highest BCUT2D eigenvalue weighted by Crippen LogP contribution is 1.96. The maximum absolute atomic E-state index is 8.79. The van der Waals surface area contributed by atoms with Crippen LogP contribution in [0, 0.1) is 5.41 Å². The van der Waals surface area contributed by atoms with E-state index in [1.807, 2.05) is 0 Å². The summed E-state index contributed by atoms with van der Waals surface area (Å²) >= 11 is 0. The third kappa shape index (κ3) is 0.883. The molecule has 0 saturated heterocycles.